The molecule has 0 aliphatic carbocycles. The van der Waals surface area contributed by atoms with Crippen molar-refractivity contribution in [2.24, 2.45) is 0 Å². The molecular formula is C13H20Br2N2O3S. The van der Waals surface area contributed by atoms with Crippen LogP contribution in [0.25, 0.3) is 0 Å². The molecule has 0 aromatic heterocycles. The zero-order chi connectivity index (χ0) is 16.0. The first kappa shape index (κ1) is 19.1. The highest BCUT2D eigenvalue weighted by molar-refractivity contribution is 9.11. The van der Waals surface area contributed by atoms with Crippen LogP contribution in [0.15, 0.2) is 26.0 Å². The van der Waals surface area contributed by atoms with Crippen LogP contribution in [0.2, 0.25) is 0 Å². The van der Waals surface area contributed by atoms with E-state index >= 15 is 0 Å². The molecule has 1 N–H and O–H groups in total. The Labute approximate surface area is 143 Å². The van der Waals surface area contributed by atoms with E-state index in [2.05, 4.69) is 36.6 Å². The second-order valence-corrected chi connectivity index (χ2v) is 8.29. The van der Waals surface area contributed by atoms with E-state index < -0.39 is 10.0 Å². The maximum atomic E-state index is 12.2. The van der Waals surface area contributed by atoms with Crippen molar-refractivity contribution in [3.8, 4) is 0 Å². The van der Waals surface area contributed by atoms with Gasteiger partial charge in [-0.3, -0.25) is 0 Å². The Hall–Kier alpha value is 0.01000. The van der Waals surface area contributed by atoms with Crippen LogP contribution < -0.4 is 4.72 Å². The van der Waals surface area contributed by atoms with Crippen molar-refractivity contribution >= 4 is 41.9 Å². The quantitative estimate of drug-likeness (QED) is 0.626. The van der Waals surface area contributed by atoms with E-state index in [1.807, 2.05) is 25.9 Å². The summed E-state index contributed by atoms with van der Waals surface area (Å²) in [7, 11) is 0.363. The minimum absolute atomic E-state index is 0.216. The second kappa shape index (κ2) is 8.59. The van der Waals surface area contributed by atoms with E-state index in [1.165, 1.54) is 0 Å². The summed E-state index contributed by atoms with van der Waals surface area (Å²) < 4.78 is 33.7. The molecule has 0 saturated heterocycles. The third-order valence-corrected chi connectivity index (χ3v) is 6.00. The Kier molecular flexibility index (Phi) is 7.80. The van der Waals surface area contributed by atoms with Gasteiger partial charge in [-0.1, -0.05) is 15.9 Å². The minimum atomic E-state index is -3.55. The smallest absolute Gasteiger partial charge is 0.241 e. The van der Waals surface area contributed by atoms with Crippen LogP contribution in [-0.2, 0) is 14.8 Å². The van der Waals surface area contributed by atoms with E-state index in [1.54, 1.807) is 12.1 Å². The lowest BCUT2D eigenvalue weighted by Gasteiger charge is -2.12. The number of nitrogens with one attached hydrogen (secondary N) is 1. The van der Waals surface area contributed by atoms with Crippen LogP contribution in [0.5, 0.6) is 0 Å². The molecule has 0 radical (unpaired) electrons. The maximum absolute atomic E-state index is 12.2. The number of rotatable bonds is 8. The monoisotopic (exact) mass is 442 g/mol. The van der Waals surface area contributed by atoms with Gasteiger partial charge >= 0.3 is 0 Å². The van der Waals surface area contributed by atoms with Gasteiger partial charge in [-0.2, -0.15) is 0 Å². The molecule has 8 heteroatoms. The molecule has 0 spiro atoms. The molecule has 21 heavy (non-hydrogen) atoms. The van der Waals surface area contributed by atoms with Crippen molar-refractivity contribution in [1.29, 1.82) is 0 Å². The Morgan fingerprint density at radius 3 is 2.48 bits per heavy atom. The minimum Gasteiger partial charge on any atom is -0.379 e. The first-order chi connectivity index (χ1) is 9.74. The van der Waals surface area contributed by atoms with E-state index in [9.17, 15) is 8.42 Å². The number of sulfonamides is 1. The molecule has 0 unspecified atom stereocenters. The lowest BCUT2D eigenvalue weighted by atomic mass is 10.2. The normalized spacial score (nSPS) is 12.1. The summed E-state index contributed by atoms with van der Waals surface area (Å²) in [6.07, 6.45) is 0. The zero-order valence-corrected chi connectivity index (χ0v) is 16.3. The molecule has 0 fully saturated rings. The number of benzene rings is 1. The van der Waals surface area contributed by atoms with Crippen molar-refractivity contribution in [3.63, 3.8) is 0 Å². The van der Waals surface area contributed by atoms with Crippen LogP contribution in [-0.4, -0.2) is 53.7 Å². The molecule has 120 valence electrons. The standard InChI is InChI=1S/C13H20Br2N2O3S/c1-10-8-12(15)13(9-11(10)14)21(18,19)16-4-6-20-7-5-17(2)3/h8-9,16H,4-7H2,1-3H3. The first-order valence-electron chi connectivity index (χ1n) is 6.42. The summed E-state index contributed by atoms with van der Waals surface area (Å²) in [6, 6.07) is 3.36. The van der Waals surface area contributed by atoms with E-state index in [4.69, 9.17) is 4.74 Å². The van der Waals surface area contributed by atoms with Gasteiger partial charge in [0.05, 0.1) is 18.1 Å². The summed E-state index contributed by atoms with van der Waals surface area (Å²) in [6.45, 7) is 3.88. The van der Waals surface area contributed by atoms with Crippen LogP contribution >= 0.6 is 31.9 Å². The molecule has 0 heterocycles. The van der Waals surface area contributed by atoms with Gasteiger partial charge < -0.3 is 9.64 Å². The SMILES string of the molecule is Cc1cc(Br)c(S(=O)(=O)NCCOCCN(C)C)cc1Br. The third-order valence-electron chi connectivity index (χ3n) is 2.72. The predicted molar refractivity (Wildman–Crippen MR) is 91.1 cm³/mol. The highest BCUT2D eigenvalue weighted by Crippen LogP contribution is 2.28. The topological polar surface area (TPSA) is 58.6 Å². The highest BCUT2D eigenvalue weighted by Gasteiger charge is 2.18. The molecule has 0 amide bonds. The van der Waals surface area contributed by atoms with Gasteiger partial charge in [-0.15, -0.1) is 0 Å². The van der Waals surface area contributed by atoms with E-state index in [-0.39, 0.29) is 11.4 Å². The Balaban J connectivity index is 2.56. The summed E-state index contributed by atoms with van der Waals surface area (Å²) >= 11 is 6.64. The van der Waals surface area contributed by atoms with Crippen LogP contribution in [0.1, 0.15) is 5.56 Å². The fourth-order valence-corrected chi connectivity index (χ4v) is 4.20. The molecule has 1 aromatic carbocycles. The Morgan fingerprint density at radius 1 is 1.19 bits per heavy atom. The molecule has 1 aromatic rings. The van der Waals surface area contributed by atoms with Gasteiger partial charge in [-0.25, -0.2) is 13.1 Å². The predicted octanol–water partition coefficient (Wildman–Crippen LogP) is 2.38. The van der Waals surface area contributed by atoms with Crippen LogP contribution in [0.4, 0.5) is 0 Å². The van der Waals surface area contributed by atoms with Crippen molar-refractivity contribution in [2.75, 3.05) is 40.4 Å². The summed E-state index contributed by atoms with van der Waals surface area (Å²) in [5.74, 6) is 0. The van der Waals surface area contributed by atoms with Crippen molar-refractivity contribution in [3.05, 3.63) is 26.6 Å². The largest absolute Gasteiger partial charge is 0.379 e. The van der Waals surface area contributed by atoms with Crippen molar-refractivity contribution in [1.82, 2.24) is 9.62 Å². The average Bonchev–Trinajstić information content (AvgIpc) is 2.37. The molecule has 0 atom stereocenters. The number of nitrogens with zero attached hydrogens (tertiary/aromatic N) is 1. The third kappa shape index (κ3) is 6.33. The van der Waals surface area contributed by atoms with Crippen LogP contribution in [0, 0.1) is 6.92 Å². The number of likely N-dealkylation sites (N-methyl/N-ethyl adjacent to an activating group) is 1. The van der Waals surface area contributed by atoms with Gasteiger partial charge in [0.1, 0.15) is 0 Å². The van der Waals surface area contributed by atoms with Gasteiger partial charge in [0.2, 0.25) is 10.0 Å². The summed E-state index contributed by atoms with van der Waals surface area (Å²) in [5, 5.41) is 0. The first-order valence-corrected chi connectivity index (χ1v) is 9.48. The van der Waals surface area contributed by atoms with E-state index in [0.29, 0.717) is 17.7 Å². The number of hydrogen-bond donors (Lipinski definition) is 1. The molecule has 0 aliphatic rings. The second-order valence-electron chi connectivity index (χ2n) is 4.85. The van der Waals surface area contributed by atoms with Crippen molar-refractivity contribution in [2.45, 2.75) is 11.8 Å². The summed E-state index contributed by atoms with van der Waals surface area (Å²) in [5.41, 5.74) is 0.966. The van der Waals surface area contributed by atoms with Gasteiger partial charge in [-0.05, 0) is 54.6 Å². The van der Waals surface area contributed by atoms with E-state index in [0.717, 1.165) is 16.6 Å². The number of hydrogen-bond acceptors (Lipinski definition) is 4. The average molecular weight is 444 g/mol. The highest BCUT2D eigenvalue weighted by atomic mass is 79.9. The van der Waals surface area contributed by atoms with Gasteiger partial charge in [0, 0.05) is 22.0 Å². The number of ether oxygens (including phenoxy) is 1. The number of aryl methyl sites for hydroxylation is 1. The zero-order valence-electron chi connectivity index (χ0n) is 12.3. The lowest BCUT2D eigenvalue weighted by Crippen LogP contribution is -2.28. The molecule has 5 nitrogen and oxygen atoms in total. The summed E-state index contributed by atoms with van der Waals surface area (Å²) in [4.78, 5) is 2.22. The lowest BCUT2D eigenvalue weighted by molar-refractivity contribution is 0.122. The van der Waals surface area contributed by atoms with Gasteiger partial charge in [0.15, 0.2) is 0 Å². The molecule has 0 saturated carbocycles. The molecule has 1 rings (SSSR count). The maximum Gasteiger partial charge on any atom is 0.241 e. The molecule has 0 aliphatic heterocycles. The number of halogens is 2. The molecular weight excluding hydrogens is 424 g/mol. The fourth-order valence-electron chi connectivity index (χ4n) is 1.51. The van der Waals surface area contributed by atoms with Crippen LogP contribution in [0.3, 0.4) is 0 Å². The van der Waals surface area contributed by atoms with Gasteiger partial charge in [0.25, 0.3) is 0 Å². The fraction of sp³-hybridized carbons (Fsp3) is 0.538. The Morgan fingerprint density at radius 2 is 1.86 bits per heavy atom. The van der Waals surface area contributed by atoms with Crippen molar-refractivity contribution < 1.29 is 13.2 Å². The Bertz CT molecular complexity index is 577. The molecule has 0 bridgehead atoms.